The molecule has 1 N–H and O–H groups in total. The van der Waals surface area contributed by atoms with Gasteiger partial charge in [-0.1, -0.05) is 23.7 Å². The maximum Gasteiger partial charge on any atom is 0.278 e. The van der Waals surface area contributed by atoms with E-state index in [1.807, 2.05) is 24.3 Å². The van der Waals surface area contributed by atoms with Crippen LogP contribution in [0.3, 0.4) is 0 Å². The number of anilines is 2. The fourth-order valence-corrected chi connectivity index (χ4v) is 3.37. The van der Waals surface area contributed by atoms with Crippen LogP contribution in [0.1, 0.15) is 10.5 Å². The minimum atomic E-state index is -0.466. The number of nitrogens with zero attached hydrogens (tertiary/aromatic N) is 4. The predicted molar refractivity (Wildman–Crippen MR) is 109 cm³/mol. The second-order valence-corrected chi connectivity index (χ2v) is 7.16. The largest absolute Gasteiger partial charge is 0.352 e. The zero-order valence-electron chi connectivity index (χ0n) is 15.3. The number of para-hydroxylation sites is 2. The second-order valence-electron chi connectivity index (χ2n) is 6.75. The van der Waals surface area contributed by atoms with E-state index in [0.29, 0.717) is 17.0 Å². The van der Waals surface area contributed by atoms with E-state index in [2.05, 4.69) is 27.1 Å². The Morgan fingerprint density at radius 2 is 1.75 bits per heavy atom. The van der Waals surface area contributed by atoms with Gasteiger partial charge in [-0.05, 0) is 37.4 Å². The highest BCUT2D eigenvalue weighted by Crippen LogP contribution is 2.26. The second kappa shape index (κ2) is 7.69. The van der Waals surface area contributed by atoms with Crippen LogP contribution in [-0.2, 0) is 0 Å². The lowest BCUT2D eigenvalue weighted by molar-refractivity contribution is 0.102. The van der Waals surface area contributed by atoms with Crippen LogP contribution in [0.15, 0.2) is 42.5 Å². The molecule has 0 bridgehead atoms. The van der Waals surface area contributed by atoms with Gasteiger partial charge in [-0.15, -0.1) is 0 Å². The number of likely N-dealkylation sites (N-methyl/N-ethyl adjacent to an activating group) is 1. The minimum Gasteiger partial charge on any atom is -0.352 e. The van der Waals surface area contributed by atoms with Crippen LogP contribution in [0.4, 0.5) is 15.9 Å². The summed E-state index contributed by atoms with van der Waals surface area (Å²) in [5, 5.41) is 2.86. The van der Waals surface area contributed by atoms with Gasteiger partial charge in [-0.2, -0.15) is 0 Å². The third kappa shape index (κ3) is 3.76. The molecule has 0 radical (unpaired) electrons. The van der Waals surface area contributed by atoms with Crippen LogP contribution in [0.5, 0.6) is 0 Å². The average molecular weight is 400 g/mol. The van der Waals surface area contributed by atoms with Gasteiger partial charge in [0.25, 0.3) is 5.91 Å². The number of hydrogen-bond acceptors (Lipinski definition) is 5. The van der Waals surface area contributed by atoms with E-state index in [0.717, 1.165) is 37.8 Å². The molecule has 0 unspecified atom stereocenters. The molecule has 6 nitrogen and oxygen atoms in total. The zero-order chi connectivity index (χ0) is 19.7. The highest BCUT2D eigenvalue weighted by atomic mass is 35.5. The standard InChI is InChI=1S/C20H19ClFN5O/c1-26-8-10-27(11-9-26)19-18(23-16-4-2-3-5-17(16)24-19)20(28)25-15-7-6-13(22)12-14(15)21/h2-7,12H,8-11H2,1H3,(H,25,28). The fraction of sp³-hybridized carbons (Fsp3) is 0.250. The molecule has 1 saturated heterocycles. The van der Waals surface area contributed by atoms with Crippen molar-refractivity contribution in [2.75, 3.05) is 43.4 Å². The molecule has 0 aliphatic carbocycles. The summed E-state index contributed by atoms with van der Waals surface area (Å²) in [6.07, 6.45) is 0. The Labute approximate surface area is 166 Å². The first kappa shape index (κ1) is 18.6. The van der Waals surface area contributed by atoms with E-state index in [9.17, 15) is 9.18 Å². The number of amides is 1. The molecule has 2 heterocycles. The van der Waals surface area contributed by atoms with Crippen LogP contribution in [0.2, 0.25) is 5.02 Å². The SMILES string of the molecule is CN1CCN(c2nc3ccccc3nc2C(=O)Nc2ccc(F)cc2Cl)CC1. The van der Waals surface area contributed by atoms with Gasteiger partial charge in [-0.3, -0.25) is 4.79 Å². The van der Waals surface area contributed by atoms with Gasteiger partial charge < -0.3 is 15.1 Å². The number of carbonyl (C=O) groups excluding carboxylic acids is 1. The number of piperazine rings is 1. The van der Waals surface area contributed by atoms with Crippen molar-refractivity contribution in [2.45, 2.75) is 0 Å². The zero-order valence-corrected chi connectivity index (χ0v) is 16.1. The highest BCUT2D eigenvalue weighted by molar-refractivity contribution is 6.34. The summed E-state index contributed by atoms with van der Waals surface area (Å²) >= 11 is 6.05. The van der Waals surface area contributed by atoms with Crippen molar-refractivity contribution in [3.8, 4) is 0 Å². The molecule has 1 amide bonds. The third-order valence-corrected chi connectivity index (χ3v) is 5.06. The summed E-state index contributed by atoms with van der Waals surface area (Å²) in [7, 11) is 2.06. The minimum absolute atomic E-state index is 0.128. The molecule has 28 heavy (non-hydrogen) atoms. The molecule has 1 fully saturated rings. The van der Waals surface area contributed by atoms with E-state index in [-0.39, 0.29) is 10.7 Å². The van der Waals surface area contributed by atoms with E-state index >= 15 is 0 Å². The van der Waals surface area contributed by atoms with Crippen molar-refractivity contribution >= 4 is 40.0 Å². The topological polar surface area (TPSA) is 61.4 Å². The highest BCUT2D eigenvalue weighted by Gasteiger charge is 2.24. The molecule has 4 rings (SSSR count). The molecule has 1 aromatic heterocycles. The number of aromatic nitrogens is 2. The molecular formula is C20H19ClFN5O. The summed E-state index contributed by atoms with van der Waals surface area (Å²) in [5.74, 6) is -0.352. The Morgan fingerprint density at radius 1 is 1.07 bits per heavy atom. The van der Waals surface area contributed by atoms with Crippen molar-refractivity contribution < 1.29 is 9.18 Å². The number of fused-ring (bicyclic) bond motifs is 1. The van der Waals surface area contributed by atoms with Gasteiger partial charge in [-0.25, -0.2) is 14.4 Å². The first-order valence-electron chi connectivity index (χ1n) is 8.98. The number of nitrogens with one attached hydrogen (secondary N) is 1. The molecular weight excluding hydrogens is 381 g/mol. The van der Waals surface area contributed by atoms with Gasteiger partial charge in [0.15, 0.2) is 11.5 Å². The van der Waals surface area contributed by atoms with Crippen molar-refractivity contribution in [3.63, 3.8) is 0 Å². The van der Waals surface area contributed by atoms with E-state index in [4.69, 9.17) is 16.6 Å². The quantitative estimate of drug-likeness (QED) is 0.731. The number of halogens is 2. The summed E-state index contributed by atoms with van der Waals surface area (Å²) in [5.41, 5.74) is 1.92. The molecule has 0 atom stereocenters. The Balaban J connectivity index is 1.73. The predicted octanol–water partition coefficient (Wildman–Crippen LogP) is 3.43. The average Bonchev–Trinajstić information content (AvgIpc) is 2.69. The summed E-state index contributed by atoms with van der Waals surface area (Å²) in [6, 6.07) is 11.3. The third-order valence-electron chi connectivity index (χ3n) is 4.75. The van der Waals surface area contributed by atoms with Crippen molar-refractivity contribution in [1.29, 1.82) is 0 Å². The normalized spacial score (nSPS) is 15.0. The Kier molecular flexibility index (Phi) is 5.11. The lowest BCUT2D eigenvalue weighted by Gasteiger charge is -2.33. The molecule has 1 aliphatic heterocycles. The van der Waals surface area contributed by atoms with Crippen LogP contribution in [0, 0.1) is 5.82 Å². The van der Waals surface area contributed by atoms with Crippen LogP contribution < -0.4 is 10.2 Å². The molecule has 8 heteroatoms. The smallest absolute Gasteiger partial charge is 0.278 e. The first-order valence-corrected chi connectivity index (χ1v) is 9.36. The van der Waals surface area contributed by atoms with Crippen molar-refractivity contribution in [2.24, 2.45) is 0 Å². The summed E-state index contributed by atoms with van der Waals surface area (Å²) in [4.78, 5) is 26.6. The van der Waals surface area contributed by atoms with Gasteiger partial charge in [0.05, 0.1) is 21.7 Å². The maximum absolute atomic E-state index is 13.3. The van der Waals surface area contributed by atoms with E-state index in [1.165, 1.54) is 12.1 Å². The van der Waals surface area contributed by atoms with E-state index < -0.39 is 11.7 Å². The lowest BCUT2D eigenvalue weighted by Crippen LogP contribution is -2.45. The fourth-order valence-electron chi connectivity index (χ4n) is 3.15. The van der Waals surface area contributed by atoms with Gasteiger partial charge in [0, 0.05) is 26.2 Å². The van der Waals surface area contributed by atoms with Crippen LogP contribution >= 0.6 is 11.6 Å². The van der Waals surface area contributed by atoms with Crippen LogP contribution in [-0.4, -0.2) is 54.0 Å². The molecule has 0 saturated carbocycles. The van der Waals surface area contributed by atoms with Crippen molar-refractivity contribution in [3.05, 3.63) is 59.0 Å². The van der Waals surface area contributed by atoms with Gasteiger partial charge in [0.2, 0.25) is 0 Å². The van der Waals surface area contributed by atoms with Crippen LogP contribution in [0.25, 0.3) is 11.0 Å². The monoisotopic (exact) mass is 399 g/mol. The summed E-state index contributed by atoms with van der Waals surface area (Å²) in [6.45, 7) is 3.25. The van der Waals surface area contributed by atoms with Gasteiger partial charge >= 0.3 is 0 Å². The molecule has 0 spiro atoms. The number of hydrogen-bond donors (Lipinski definition) is 1. The number of carbonyl (C=O) groups is 1. The Hall–Kier alpha value is -2.77. The maximum atomic E-state index is 13.3. The molecule has 144 valence electrons. The van der Waals surface area contributed by atoms with Gasteiger partial charge in [0.1, 0.15) is 5.82 Å². The Morgan fingerprint density at radius 3 is 2.43 bits per heavy atom. The Bertz CT molecular complexity index is 1040. The lowest BCUT2D eigenvalue weighted by atomic mass is 10.2. The molecule has 1 aliphatic rings. The first-order chi connectivity index (χ1) is 13.5. The summed E-state index contributed by atoms with van der Waals surface area (Å²) < 4.78 is 13.3. The molecule has 3 aromatic rings. The molecule has 2 aromatic carbocycles. The number of benzene rings is 2. The van der Waals surface area contributed by atoms with Crippen molar-refractivity contribution in [1.82, 2.24) is 14.9 Å². The number of rotatable bonds is 3. The van der Waals surface area contributed by atoms with E-state index in [1.54, 1.807) is 0 Å².